The predicted molar refractivity (Wildman–Crippen MR) is 41.2 cm³/mol. The van der Waals surface area contributed by atoms with Crippen LogP contribution in [0.3, 0.4) is 0 Å². The van der Waals surface area contributed by atoms with Crippen LogP contribution in [0.5, 0.6) is 0 Å². The van der Waals surface area contributed by atoms with Gasteiger partial charge in [-0.1, -0.05) is 0 Å². The number of nitrogens with zero attached hydrogens (tertiary/aromatic N) is 2. The van der Waals surface area contributed by atoms with E-state index in [0.29, 0.717) is 0 Å². The summed E-state index contributed by atoms with van der Waals surface area (Å²) in [6.07, 6.45) is 0. The minimum Gasteiger partial charge on any atom is -0.362 e. The van der Waals surface area contributed by atoms with Gasteiger partial charge in [0.15, 0.2) is 0 Å². The normalized spacial score (nSPS) is 9.67. The van der Waals surface area contributed by atoms with E-state index < -0.39 is 0 Å². The van der Waals surface area contributed by atoms with Crippen molar-refractivity contribution in [1.82, 2.24) is 4.98 Å². The number of thiazole rings is 1. The summed E-state index contributed by atoms with van der Waals surface area (Å²) in [4.78, 5) is 6.26. The topological polar surface area (TPSA) is 16.1 Å². The molecular weight excluding hydrogens is 132 g/mol. The number of aryl methyl sites for hydroxylation is 1. The molecule has 1 heterocycles. The van der Waals surface area contributed by atoms with Crippen LogP contribution in [0.1, 0.15) is 5.01 Å². The van der Waals surface area contributed by atoms with Crippen LogP contribution in [0, 0.1) is 6.92 Å². The number of aromatic nitrogens is 1. The molecule has 0 aliphatic carbocycles. The van der Waals surface area contributed by atoms with Gasteiger partial charge >= 0.3 is 0 Å². The van der Waals surface area contributed by atoms with E-state index in [4.69, 9.17) is 0 Å². The maximum absolute atomic E-state index is 4.25. The van der Waals surface area contributed by atoms with Crippen LogP contribution in [-0.4, -0.2) is 19.1 Å². The Morgan fingerprint density at radius 3 is 2.44 bits per heavy atom. The zero-order chi connectivity index (χ0) is 6.85. The Morgan fingerprint density at radius 2 is 2.22 bits per heavy atom. The van der Waals surface area contributed by atoms with Crippen LogP contribution in [0.25, 0.3) is 0 Å². The number of rotatable bonds is 1. The maximum Gasteiger partial charge on any atom is 0.139 e. The number of anilines is 1. The van der Waals surface area contributed by atoms with E-state index in [2.05, 4.69) is 10.4 Å². The van der Waals surface area contributed by atoms with Crippen LogP contribution in [0.4, 0.5) is 5.82 Å². The van der Waals surface area contributed by atoms with Gasteiger partial charge in [0.05, 0.1) is 5.01 Å². The lowest BCUT2D eigenvalue weighted by molar-refractivity contribution is 1.07. The van der Waals surface area contributed by atoms with Gasteiger partial charge in [-0.2, -0.15) is 0 Å². The molecule has 1 aromatic rings. The molecule has 0 amide bonds. The van der Waals surface area contributed by atoms with Crippen molar-refractivity contribution in [2.24, 2.45) is 0 Å². The summed E-state index contributed by atoms with van der Waals surface area (Å²) in [5.41, 5.74) is 0. The van der Waals surface area contributed by atoms with Gasteiger partial charge in [-0.05, 0) is 6.92 Å². The van der Waals surface area contributed by atoms with Crippen molar-refractivity contribution in [3.8, 4) is 0 Å². The Morgan fingerprint density at radius 1 is 1.56 bits per heavy atom. The van der Waals surface area contributed by atoms with Crippen LogP contribution in [0.15, 0.2) is 5.38 Å². The first kappa shape index (κ1) is 6.55. The Kier molecular flexibility index (Phi) is 1.71. The molecule has 50 valence electrons. The first-order chi connectivity index (χ1) is 4.20. The third-order valence-electron chi connectivity index (χ3n) is 1.07. The minimum absolute atomic E-state index is 1.05. The smallest absolute Gasteiger partial charge is 0.139 e. The second-order valence-corrected chi connectivity index (χ2v) is 3.18. The zero-order valence-corrected chi connectivity index (χ0v) is 6.70. The second kappa shape index (κ2) is 2.35. The minimum atomic E-state index is 1.05. The highest BCUT2D eigenvalue weighted by Gasteiger charge is 1.96. The van der Waals surface area contributed by atoms with Crippen molar-refractivity contribution in [2.45, 2.75) is 6.92 Å². The maximum atomic E-state index is 4.25. The van der Waals surface area contributed by atoms with Gasteiger partial charge in [-0.25, -0.2) is 4.98 Å². The summed E-state index contributed by atoms with van der Waals surface area (Å²) in [6, 6.07) is 0. The summed E-state index contributed by atoms with van der Waals surface area (Å²) < 4.78 is 0. The van der Waals surface area contributed by atoms with E-state index in [1.807, 2.05) is 25.9 Å². The van der Waals surface area contributed by atoms with Crippen molar-refractivity contribution >= 4 is 17.2 Å². The van der Waals surface area contributed by atoms with E-state index in [1.165, 1.54) is 0 Å². The van der Waals surface area contributed by atoms with Crippen LogP contribution < -0.4 is 4.90 Å². The molecule has 1 aromatic heterocycles. The average Bonchev–Trinajstić information content (AvgIpc) is 2.14. The third kappa shape index (κ3) is 1.42. The van der Waals surface area contributed by atoms with Gasteiger partial charge in [-0.15, -0.1) is 11.3 Å². The molecule has 0 aromatic carbocycles. The molecule has 1 rings (SSSR count). The van der Waals surface area contributed by atoms with Crippen molar-refractivity contribution in [3.63, 3.8) is 0 Å². The number of hydrogen-bond donors (Lipinski definition) is 0. The van der Waals surface area contributed by atoms with Crippen molar-refractivity contribution in [3.05, 3.63) is 10.4 Å². The Balaban J connectivity index is 2.85. The summed E-state index contributed by atoms with van der Waals surface area (Å²) in [5.74, 6) is 1.05. The molecule has 0 fully saturated rings. The molecule has 9 heavy (non-hydrogen) atoms. The molecule has 2 nitrogen and oxygen atoms in total. The second-order valence-electron chi connectivity index (χ2n) is 2.12. The highest BCUT2D eigenvalue weighted by molar-refractivity contribution is 7.09. The third-order valence-corrected chi connectivity index (χ3v) is 1.83. The van der Waals surface area contributed by atoms with Gasteiger partial charge in [0.25, 0.3) is 0 Å². The summed E-state index contributed by atoms with van der Waals surface area (Å²) >= 11 is 1.68. The van der Waals surface area contributed by atoms with Gasteiger partial charge in [-0.3, -0.25) is 0 Å². The molecule has 0 saturated carbocycles. The molecule has 0 N–H and O–H groups in total. The molecule has 0 bridgehead atoms. The zero-order valence-electron chi connectivity index (χ0n) is 5.88. The summed E-state index contributed by atoms with van der Waals surface area (Å²) in [7, 11) is 3.99. The van der Waals surface area contributed by atoms with Crippen molar-refractivity contribution < 1.29 is 0 Å². The first-order valence-corrected chi connectivity index (χ1v) is 3.67. The first-order valence-electron chi connectivity index (χ1n) is 2.79. The predicted octanol–water partition coefficient (Wildman–Crippen LogP) is 1.52. The molecular formula is C6H10N2S. The summed E-state index contributed by atoms with van der Waals surface area (Å²) in [5, 5.41) is 3.17. The quantitative estimate of drug-likeness (QED) is 0.591. The molecule has 0 aliphatic heterocycles. The Bertz CT molecular complexity index is 193. The van der Waals surface area contributed by atoms with E-state index in [1.54, 1.807) is 11.3 Å². The van der Waals surface area contributed by atoms with E-state index >= 15 is 0 Å². The lowest BCUT2D eigenvalue weighted by Gasteiger charge is -2.05. The van der Waals surface area contributed by atoms with Gasteiger partial charge in [0.2, 0.25) is 0 Å². The van der Waals surface area contributed by atoms with Crippen molar-refractivity contribution in [2.75, 3.05) is 19.0 Å². The fourth-order valence-electron chi connectivity index (χ4n) is 0.557. The average molecular weight is 142 g/mol. The van der Waals surface area contributed by atoms with E-state index in [9.17, 15) is 0 Å². The highest BCUT2D eigenvalue weighted by atomic mass is 32.1. The van der Waals surface area contributed by atoms with Gasteiger partial charge in [0.1, 0.15) is 5.82 Å². The van der Waals surface area contributed by atoms with Crippen molar-refractivity contribution in [1.29, 1.82) is 0 Å². The van der Waals surface area contributed by atoms with Crippen LogP contribution in [0.2, 0.25) is 0 Å². The largest absolute Gasteiger partial charge is 0.362 e. The fourth-order valence-corrected chi connectivity index (χ4v) is 1.24. The van der Waals surface area contributed by atoms with Gasteiger partial charge in [0, 0.05) is 19.5 Å². The monoisotopic (exact) mass is 142 g/mol. The molecule has 0 unspecified atom stereocenters. The summed E-state index contributed by atoms with van der Waals surface area (Å²) in [6.45, 7) is 2.01. The number of hydrogen-bond acceptors (Lipinski definition) is 3. The fraction of sp³-hybridized carbons (Fsp3) is 0.500. The van der Waals surface area contributed by atoms with Crippen LogP contribution in [-0.2, 0) is 0 Å². The Labute approximate surface area is 59.1 Å². The lowest BCUT2D eigenvalue weighted by atomic mass is 10.7. The molecule has 0 radical (unpaired) electrons. The lowest BCUT2D eigenvalue weighted by Crippen LogP contribution is -2.08. The SMILES string of the molecule is Cc1nc(N(C)C)cs1. The molecule has 0 spiro atoms. The molecule has 0 atom stereocenters. The molecule has 0 aliphatic rings. The van der Waals surface area contributed by atoms with Crippen LogP contribution >= 0.6 is 11.3 Å². The van der Waals surface area contributed by atoms with E-state index in [0.717, 1.165) is 10.8 Å². The highest BCUT2D eigenvalue weighted by Crippen LogP contribution is 2.14. The molecule has 3 heteroatoms. The molecule has 0 saturated heterocycles. The van der Waals surface area contributed by atoms with Gasteiger partial charge < -0.3 is 4.90 Å². The standard InChI is InChI=1S/C6H10N2S/c1-5-7-6(4-9-5)8(2)3/h4H,1-3H3. The Hall–Kier alpha value is -0.570. The van der Waals surface area contributed by atoms with E-state index in [-0.39, 0.29) is 0 Å².